The average molecular weight is 619 g/mol. The van der Waals surface area contributed by atoms with Gasteiger partial charge in [-0.25, -0.2) is 0 Å². The van der Waals surface area contributed by atoms with Gasteiger partial charge in [-0.3, -0.25) is 13.9 Å². The number of nitrogens with one attached hydrogen (secondary N) is 1. The normalized spacial score (nSPS) is 12.4. The molecule has 5 aromatic carbocycles. The molecule has 0 saturated heterocycles. The summed E-state index contributed by atoms with van der Waals surface area (Å²) >= 11 is 0. The molecule has 15 heteroatoms. The van der Waals surface area contributed by atoms with Crippen LogP contribution in [0, 0.1) is 0 Å². The lowest BCUT2D eigenvalue weighted by Crippen LogP contribution is -2.04. The van der Waals surface area contributed by atoms with Crippen LogP contribution in [0.1, 0.15) is 6.92 Å². The van der Waals surface area contributed by atoms with Gasteiger partial charge < -0.3 is 11.1 Å². The van der Waals surface area contributed by atoms with E-state index >= 15 is 0 Å². The van der Waals surface area contributed by atoms with Crippen LogP contribution in [0.3, 0.4) is 0 Å². The second-order valence-corrected chi connectivity index (χ2v) is 12.1. The summed E-state index contributed by atoms with van der Waals surface area (Å²) in [7, 11) is -9.04. The van der Waals surface area contributed by atoms with Gasteiger partial charge in [0.15, 0.2) is 0 Å². The molecule has 0 saturated carbocycles. The van der Waals surface area contributed by atoms with E-state index in [0.717, 1.165) is 0 Å². The number of carbonyl (C=O) groups is 1. The van der Waals surface area contributed by atoms with Gasteiger partial charge >= 0.3 is 0 Å². The second-order valence-electron chi connectivity index (χ2n) is 9.27. The Bertz CT molecular complexity index is 2200. The molecule has 0 atom stereocenters. The number of amides is 1. The monoisotopic (exact) mass is 618 g/mol. The summed E-state index contributed by atoms with van der Waals surface area (Å²) in [5.74, 6) is -0.222. The molecule has 5 rings (SSSR count). The first-order valence-electron chi connectivity index (χ1n) is 12.3. The number of nitrogens with two attached hydrogens (primary N) is 1. The molecule has 43 heavy (non-hydrogen) atoms. The Labute approximate surface area is 245 Å². The fourth-order valence-electron chi connectivity index (χ4n) is 4.25. The van der Waals surface area contributed by atoms with E-state index in [9.17, 15) is 30.7 Å². The van der Waals surface area contributed by atoms with Gasteiger partial charge in [0.05, 0.1) is 32.5 Å². The number of azo groups is 2. The van der Waals surface area contributed by atoms with Crippen LogP contribution in [-0.4, -0.2) is 31.8 Å². The Hall–Kier alpha value is -5.09. The molecule has 0 spiro atoms. The van der Waals surface area contributed by atoms with Crippen molar-refractivity contribution in [1.29, 1.82) is 0 Å². The molecular weight excluding hydrogens is 596 g/mol. The van der Waals surface area contributed by atoms with Gasteiger partial charge in [0.1, 0.15) is 0 Å². The molecule has 0 fully saturated rings. The zero-order chi connectivity index (χ0) is 30.9. The highest BCUT2D eigenvalue weighted by atomic mass is 32.2. The lowest BCUT2D eigenvalue weighted by atomic mass is 10.1. The maximum absolute atomic E-state index is 11.9. The summed E-state index contributed by atoms with van der Waals surface area (Å²) in [6.45, 7) is 1.39. The quantitative estimate of drug-likeness (QED) is 0.0856. The lowest BCUT2D eigenvalue weighted by molar-refractivity contribution is -0.114. The van der Waals surface area contributed by atoms with Crippen molar-refractivity contribution in [2.75, 3.05) is 11.1 Å². The summed E-state index contributed by atoms with van der Waals surface area (Å²) in [6.07, 6.45) is 0. The molecule has 218 valence electrons. The molecule has 13 nitrogen and oxygen atoms in total. The molecule has 5 aromatic rings. The van der Waals surface area contributed by atoms with Crippen molar-refractivity contribution < 1.29 is 30.7 Å². The molecule has 0 aliphatic carbocycles. The van der Waals surface area contributed by atoms with Crippen LogP contribution in [0.25, 0.3) is 21.5 Å². The summed E-state index contributed by atoms with van der Waals surface area (Å²) in [4.78, 5) is 10.5. The molecule has 0 radical (unpaired) electrons. The number of carbonyl (C=O) groups excluding carboxylic acids is 1. The Balaban J connectivity index is 1.59. The first-order valence-corrected chi connectivity index (χ1v) is 15.2. The average Bonchev–Trinajstić information content (AvgIpc) is 2.95. The van der Waals surface area contributed by atoms with Crippen LogP contribution in [0.5, 0.6) is 0 Å². The Morgan fingerprint density at radius 2 is 1.09 bits per heavy atom. The van der Waals surface area contributed by atoms with Crippen molar-refractivity contribution in [3.63, 3.8) is 0 Å². The van der Waals surface area contributed by atoms with Gasteiger partial charge in [0.2, 0.25) is 5.91 Å². The molecule has 0 aliphatic heterocycles. The summed E-state index contributed by atoms with van der Waals surface area (Å²) < 4.78 is 66.3. The highest BCUT2D eigenvalue weighted by molar-refractivity contribution is 7.86. The van der Waals surface area contributed by atoms with E-state index in [4.69, 9.17) is 5.73 Å². The number of nitrogens with zero attached hydrogens (tertiary/aromatic N) is 4. The topological polar surface area (TPSA) is 213 Å². The van der Waals surface area contributed by atoms with E-state index < -0.39 is 20.2 Å². The van der Waals surface area contributed by atoms with Crippen molar-refractivity contribution in [2.45, 2.75) is 16.7 Å². The SMILES string of the molecule is CC(=O)Nc1ccc(N=Nc2ccc(N=Nc3ccc(N)c4ccc(S(=O)(=O)O)cc34)c3ccc(S(=O)(=O)O)cc23)cc1. The number of nitrogen functional groups attached to an aromatic ring is 1. The summed E-state index contributed by atoms with van der Waals surface area (Å²) in [5, 5.41) is 21.2. The lowest BCUT2D eigenvalue weighted by Gasteiger charge is -2.08. The van der Waals surface area contributed by atoms with Crippen LogP contribution in [-0.2, 0) is 25.0 Å². The predicted octanol–water partition coefficient (Wildman–Crippen LogP) is 6.86. The largest absolute Gasteiger partial charge is 0.398 e. The minimum absolute atomic E-state index is 0.222. The molecule has 0 bridgehead atoms. The second kappa shape index (κ2) is 11.3. The van der Waals surface area contributed by atoms with E-state index in [1.54, 1.807) is 36.4 Å². The van der Waals surface area contributed by atoms with Crippen LogP contribution in [0.2, 0.25) is 0 Å². The van der Waals surface area contributed by atoms with Crippen LogP contribution in [0.4, 0.5) is 34.1 Å². The number of rotatable bonds is 7. The number of anilines is 2. The molecule has 0 aliphatic rings. The van der Waals surface area contributed by atoms with Crippen LogP contribution >= 0.6 is 0 Å². The summed E-state index contributed by atoms with van der Waals surface area (Å²) in [5.41, 5.74) is 8.25. The molecule has 1 amide bonds. The first-order chi connectivity index (χ1) is 20.3. The fourth-order valence-corrected chi connectivity index (χ4v) is 5.26. The van der Waals surface area contributed by atoms with Crippen molar-refractivity contribution in [3.8, 4) is 0 Å². The minimum Gasteiger partial charge on any atom is -0.398 e. The van der Waals surface area contributed by atoms with Gasteiger partial charge in [-0.15, -0.1) is 15.3 Å². The molecule has 5 N–H and O–H groups in total. The maximum atomic E-state index is 11.9. The third-order valence-corrected chi connectivity index (χ3v) is 7.96. The zero-order valence-electron chi connectivity index (χ0n) is 22.2. The van der Waals surface area contributed by atoms with Gasteiger partial charge in [0, 0.05) is 39.8 Å². The molecule has 0 aromatic heterocycles. The van der Waals surface area contributed by atoms with Gasteiger partial charge in [-0.05, 0) is 72.8 Å². The number of fused-ring (bicyclic) bond motifs is 2. The Morgan fingerprint density at radius 3 is 1.63 bits per heavy atom. The maximum Gasteiger partial charge on any atom is 0.294 e. The van der Waals surface area contributed by atoms with Gasteiger partial charge in [-0.1, -0.05) is 12.1 Å². The third kappa shape index (κ3) is 6.54. The van der Waals surface area contributed by atoms with Crippen molar-refractivity contribution in [3.05, 3.63) is 84.9 Å². The van der Waals surface area contributed by atoms with E-state index in [1.807, 2.05) is 0 Å². The number of hydrogen-bond acceptors (Lipinski definition) is 10. The number of hydrogen-bond donors (Lipinski definition) is 4. The van der Waals surface area contributed by atoms with E-state index in [2.05, 4.69) is 25.8 Å². The van der Waals surface area contributed by atoms with Gasteiger partial charge in [0.25, 0.3) is 20.2 Å². The van der Waals surface area contributed by atoms with E-state index in [-0.39, 0.29) is 27.1 Å². The van der Waals surface area contributed by atoms with Crippen molar-refractivity contribution in [1.82, 2.24) is 0 Å². The molecule has 0 heterocycles. The highest BCUT2D eigenvalue weighted by Crippen LogP contribution is 2.38. The van der Waals surface area contributed by atoms with Crippen LogP contribution in [0.15, 0.2) is 115 Å². The highest BCUT2D eigenvalue weighted by Gasteiger charge is 2.15. The first kappa shape index (κ1) is 29.4. The van der Waals surface area contributed by atoms with E-state index in [1.165, 1.54) is 55.5 Å². The number of benzene rings is 5. The van der Waals surface area contributed by atoms with E-state index in [0.29, 0.717) is 44.3 Å². The molecule has 0 unspecified atom stereocenters. The van der Waals surface area contributed by atoms with Crippen molar-refractivity contribution >= 4 is 81.8 Å². The Kier molecular flexibility index (Phi) is 7.72. The Morgan fingerprint density at radius 1 is 0.628 bits per heavy atom. The molecular formula is C28H22N6O7S2. The van der Waals surface area contributed by atoms with Crippen LogP contribution < -0.4 is 11.1 Å². The third-order valence-electron chi connectivity index (χ3n) is 6.26. The summed E-state index contributed by atoms with van der Waals surface area (Å²) in [6, 6.07) is 20.6. The minimum atomic E-state index is -4.55. The van der Waals surface area contributed by atoms with Gasteiger partial charge in [-0.2, -0.15) is 21.9 Å². The smallest absolute Gasteiger partial charge is 0.294 e. The van der Waals surface area contributed by atoms with Crippen molar-refractivity contribution in [2.24, 2.45) is 20.5 Å². The predicted molar refractivity (Wildman–Crippen MR) is 161 cm³/mol. The standard InChI is InChI=1S/C28H22N6O7S2/c1-16(35)30-17-2-4-18(5-3-17)31-32-28-13-12-26(22-9-7-20(15-24(22)28)43(39,40)41)33-34-27-11-10-25(29)21-8-6-19(14-23(21)27)42(36,37)38/h2-15H,29H2,1H3,(H,30,35)(H,36,37,38)(H,39,40,41). The zero-order valence-corrected chi connectivity index (χ0v) is 23.8. The fraction of sp³-hybridized carbons (Fsp3) is 0.0357.